The van der Waals surface area contributed by atoms with Crippen LogP contribution in [0.25, 0.3) is 11.3 Å². The molecule has 31 heavy (non-hydrogen) atoms. The number of nitrogens with two attached hydrogens (primary N) is 1. The molecule has 1 saturated heterocycles. The van der Waals surface area contributed by atoms with E-state index >= 15 is 0 Å². The van der Waals surface area contributed by atoms with Crippen LogP contribution in [-0.2, 0) is 6.42 Å². The minimum Gasteiger partial charge on any atom is -0.431 e. The van der Waals surface area contributed by atoms with E-state index in [4.69, 9.17) is 10.7 Å². The highest BCUT2D eigenvalue weighted by molar-refractivity contribution is 5.63. The van der Waals surface area contributed by atoms with Crippen molar-refractivity contribution in [2.45, 2.75) is 38.1 Å². The topological polar surface area (TPSA) is 69.2 Å². The average Bonchev–Trinajstić information content (AvgIpc) is 3.51. The van der Waals surface area contributed by atoms with Crippen LogP contribution in [0.5, 0.6) is 5.75 Å². The second kappa shape index (κ2) is 7.32. The van der Waals surface area contributed by atoms with Crippen molar-refractivity contribution in [2.75, 3.05) is 25.4 Å². The van der Waals surface area contributed by atoms with E-state index in [0.29, 0.717) is 30.3 Å². The molecule has 11 heteroatoms. The second-order valence-corrected chi connectivity index (χ2v) is 8.71. The lowest BCUT2D eigenvalue weighted by Gasteiger charge is -2.21. The molecule has 1 unspecified atom stereocenters. The fourth-order valence-electron chi connectivity index (χ4n) is 4.72. The molecule has 168 valence electrons. The van der Waals surface area contributed by atoms with Crippen molar-refractivity contribution in [1.82, 2.24) is 19.4 Å². The molecule has 3 aliphatic rings. The van der Waals surface area contributed by atoms with Gasteiger partial charge in [0.25, 0.3) is 0 Å². The Balaban J connectivity index is 1.38. The standard InChI is InChI=1S/C20H22F5N5O/c21-19(22)31-15-4-11(5-27-18(15)26)14-8-30(16(28-14)3-10-1-2-10)17-12-6-29(7-13(12)17)9-20(23,24)25/h4-5,8,10,12-13,17,19H,1-3,6-7,9H2,(H2,26,27)/t12-,13+,17?. The number of aromatic nitrogens is 3. The summed E-state index contributed by atoms with van der Waals surface area (Å²) < 4.78 is 69.8. The molecule has 3 heterocycles. The first-order chi connectivity index (χ1) is 14.7. The lowest BCUT2D eigenvalue weighted by atomic mass is 10.2. The summed E-state index contributed by atoms with van der Waals surface area (Å²) in [6.45, 7) is -3.06. The molecule has 0 amide bonds. The van der Waals surface area contributed by atoms with Gasteiger partial charge in [-0.15, -0.1) is 0 Å². The van der Waals surface area contributed by atoms with Gasteiger partial charge in [0.15, 0.2) is 11.6 Å². The molecule has 2 N–H and O–H groups in total. The summed E-state index contributed by atoms with van der Waals surface area (Å²) in [5.74, 6) is 1.44. The Bertz CT molecular complexity index is 961. The van der Waals surface area contributed by atoms with Gasteiger partial charge in [-0.2, -0.15) is 22.0 Å². The van der Waals surface area contributed by atoms with E-state index in [1.807, 2.05) is 6.20 Å². The summed E-state index contributed by atoms with van der Waals surface area (Å²) >= 11 is 0. The van der Waals surface area contributed by atoms with E-state index < -0.39 is 19.3 Å². The third kappa shape index (κ3) is 4.32. The number of fused-ring (bicyclic) bond motifs is 1. The first kappa shape index (κ1) is 20.5. The van der Waals surface area contributed by atoms with Gasteiger partial charge in [0.1, 0.15) is 5.82 Å². The van der Waals surface area contributed by atoms with Crippen molar-refractivity contribution >= 4 is 5.82 Å². The summed E-state index contributed by atoms with van der Waals surface area (Å²) in [5.41, 5.74) is 6.70. The Labute approximate surface area is 175 Å². The third-order valence-corrected chi connectivity index (χ3v) is 6.32. The van der Waals surface area contributed by atoms with Crippen LogP contribution >= 0.6 is 0 Å². The number of pyridine rings is 1. The van der Waals surface area contributed by atoms with Crippen molar-refractivity contribution in [3.63, 3.8) is 0 Å². The number of imidazole rings is 1. The molecule has 1 aliphatic heterocycles. The molecular formula is C20H22F5N5O. The molecule has 0 spiro atoms. The molecule has 5 rings (SSSR count). The molecule has 2 aliphatic carbocycles. The highest BCUT2D eigenvalue weighted by atomic mass is 19.4. The van der Waals surface area contributed by atoms with Crippen molar-refractivity contribution in [3.05, 3.63) is 24.3 Å². The molecule has 2 saturated carbocycles. The second-order valence-electron chi connectivity index (χ2n) is 8.71. The van der Waals surface area contributed by atoms with Gasteiger partial charge < -0.3 is 15.0 Å². The van der Waals surface area contributed by atoms with Crippen molar-refractivity contribution in [3.8, 4) is 17.0 Å². The number of hydrogen-bond donors (Lipinski definition) is 1. The fourth-order valence-corrected chi connectivity index (χ4v) is 4.72. The normalized spacial score (nSPS) is 25.8. The minimum absolute atomic E-state index is 0.123. The number of nitrogen functional groups attached to an aromatic ring is 1. The van der Waals surface area contributed by atoms with Crippen molar-refractivity contribution in [1.29, 1.82) is 0 Å². The zero-order chi connectivity index (χ0) is 21.9. The van der Waals surface area contributed by atoms with Crippen LogP contribution in [0.3, 0.4) is 0 Å². The fraction of sp³-hybridized carbons (Fsp3) is 0.600. The number of hydrogen-bond acceptors (Lipinski definition) is 5. The van der Waals surface area contributed by atoms with Crippen LogP contribution in [0.15, 0.2) is 18.5 Å². The largest absolute Gasteiger partial charge is 0.431 e. The van der Waals surface area contributed by atoms with Crippen molar-refractivity contribution < 1.29 is 26.7 Å². The lowest BCUT2D eigenvalue weighted by Crippen LogP contribution is -2.34. The lowest BCUT2D eigenvalue weighted by molar-refractivity contribution is -0.144. The maximum Gasteiger partial charge on any atom is 0.401 e. The van der Waals surface area contributed by atoms with Gasteiger partial charge in [-0.3, -0.25) is 4.90 Å². The zero-order valence-electron chi connectivity index (χ0n) is 16.5. The van der Waals surface area contributed by atoms with E-state index in [9.17, 15) is 22.0 Å². The molecule has 2 aromatic heterocycles. The minimum atomic E-state index is -4.19. The monoisotopic (exact) mass is 443 g/mol. The Morgan fingerprint density at radius 1 is 1.19 bits per heavy atom. The van der Waals surface area contributed by atoms with Crippen LogP contribution < -0.4 is 10.5 Å². The molecular weight excluding hydrogens is 421 g/mol. The number of likely N-dealkylation sites (tertiary alicyclic amines) is 1. The SMILES string of the molecule is Nc1ncc(-c2cn(C3[C@H]4CN(CC(F)(F)F)C[C@@H]34)c(CC3CC3)n2)cc1OC(F)F. The molecule has 3 fully saturated rings. The van der Waals surface area contributed by atoms with Crippen molar-refractivity contribution in [2.24, 2.45) is 17.8 Å². The summed E-state index contributed by atoms with van der Waals surface area (Å²) in [6.07, 6.45) is 2.19. The molecule has 0 radical (unpaired) electrons. The van der Waals surface area contributed by atoms with Gasteiger partial charge in [-0.05, 0) is 36.7 Å². The number of nitrogens with zero attached hydrogens (tertiary/aromatic N) is 4. The van der Waals surface area contributed by atoms with Gasteiger partial charge in [0.05, 0.1) is 12.2 Å². The Morgan fingerprint density at radius 3 is 2.52 bits per heavy atom. The summed E-state index contributed by atoms with van der Waals surface area (Å²) in [6, 6.07) is 1.51. The highest BCUT2D eigenvalue weighted by Crippen LogP contribution is 2.56. The van der Waals surface area contributed by atoms with Gasteiger partial charge in [-0.25, -0.2) is 9.97 Å². The summed E-state index contributed by atoms with van der Waals surface area (Å²) in [5, 5.41) is 0. The Morgan fingerprint density at radius 2 is 1.90 bits per heavy atom. The van der Waals surface area contributed by atoms with E-state index in [1.54, 1.807) is 0 Å². The van der Waals surface area contributed by atoms with Crippen LogP contribution in [-0.4, -0.2) is 51.9 Å². The van der Waals surface area contributed by atoms with Crippen LogP contribution in [0.4, 0.5) is 27.8 Å². The van der Waals surface area contributed by atoms with E-state index in [0.717, 1.165) is 25.1 Å². The van der Waals surface area contributed by atoms with Gasteiger partial charge >= 0.3 is 12.8 Å². The molecule has 6 nitrogen and oxygen atoms in total. The molecule has 0 bridgehead atoms. The smallest absolute Gasteiger partial charge is 0.401 e. The molecule has 0 aromatic carbocycles. The summed E-state index contributed by atoms with van der Waals surface area (Å²) in [7, 11) is 0. The predicted molar refractivity (Wildman–Crippen MR) is 101 cm³/mol. The number of halogens is 5. The first-order valence-corrected chi connectivity index (χ1v) is 10.3. The third-order valence-electron chi connectivity index (χ3n) is 6.32. The van der Waals surface area contributed by atoms with E-state index in [2.05, 4.69) is 14.3 Å². The Hall–Kier alpha value is -2.43. The maximum absolute atomic E-state index is 12.7. The number of anilines is 1. The number of rotatable bonds is 7. The molecule has 3 atom stereocenters. The number of ether oxygens (including phenoxy) is 1. The maximum atomic E-state index is 12.7. The molecule has 2 aromatic rings. The Kier molecular flexibility index (Phi) is 4.83. The van der Waals surface area contributed by atoms with Gasteiger partial charge in [0, 0.05) is 43.5 Å². The zero-order valence-corrected chi connectivity index (χ0v) is 16.5. The number of piperidine rings is 1. The summed E-state index contributed by atoms with van der Waals surface area (Å²) in [4.78, 5) is 10.1. The van der Waals surface area contributed by atoms with Crippen LogP contribution in [0.1, 0.15) is 24.7 Å². The number of alkyl halides is 5. The first-order valence-electron chi connectivity index (χ1n) is 10.3. The average molecular weight is 443 g/mol. The van der Waals surface area contributed by atoms with Crippen LogP contribution in [0, 0.1) is 17.8 Å². The van der Waals surface area contributed by atoms with Gasteiger partial charge in [0.2, 0.25) is 0 Å². The van der Waals surface area contributed by atoms with E-state index in [-0.39, 0.29) is 29.4 Å². The van der Waals surface area contributed by atoms with Crippen LogP contribution in [0.2, 0.25) is 0 Å². The van der Waals surface area contributed by atoms with E-state index in [1.165, 1.54) is 17.2 Å². The predicted octanol–water partition coefficient (Wildman–Crippen LogP) is 3.75. The highest BCUT2D eigenvalue weighted by Gasteiger charge is 2.58. The quantitative estimate of drug-likeness (QED) is 0.661. The van der Waals surface area contributed by atoms with Gasteiger partial charge in [-0.1, -0.05) is 0 Å².